The van der Waals surface area contributed by atoms with Crippen molar-refractivity contribution in [1.82, 2.24) is 25.2 Å². The summed E-state index contributed by atoms with van der Waals surface area (Å²) in [4.78, 5) is 15.0. The molecule has 1 saturated heterocycles. The van der Waals surface area contributed by atoms with Crippen molar-refractivity contribution in [3.05, 3.63) is 77.6 Å². The molecule has 3 aromatic rings. The van der Waals surface area contributed by atoms with E-state index in [0.717, 1.165) is 43.8 Å². The summed E-state index contributed by atoms with van der Waals surface area (Å²) in [5, 5.41) is 11.3. The number of nitrogens with zero attached hydrogens (tertiary/aromatic N) is 4. The van der Waals surface area contributed by atoms with Crippen LogP contribution in [0.25, 0.3) is 0 Å². The molecule has 5 rings (SSSR count). The van der Waals surface area contributed by atoms with E-state index in [0.29, 0.717) is 24.3 Å². The molecule has 0 bridgehead atoms. The third-order valence-corrected chi connectivity index (χ3v) is 6.25. The van der Waals surface area contributed by atoms with E-state index in [-0.39, 0.29) is 11.9 Å². The fraction of sp³-hybridized carbons (Fsp3) is 0.400. The molecule has 1 amide bonds. The first kappa shape index (κ1) is 20.7. The lowest BCUT2D eigenvalue weighted by atomic mass is 10.1. The Labute approximate surface area is 188 Å². The SMILES string of the molecule is C[C@H]1CN(Cc2ccc(OCc3ccccc3)cc2)C[C@H]1NC(=O)c1cn(C2CC2)nn1. The summed E-state index contributed by atoms with van der Waals surface area (Å²) in [6, 6.07) is 19.0. The minimum absolute atomic E-state index is 0.113. The standard InChI is InChI=1S/C25H29N5O2/c1-18-13-29(15-23(18)26-25(31)24-16-30(28-27-24)21-9-10-21)14-19-7-11-22(12-8-19)32-17-20-5-3-2-4-6-20/h2-8,11-12,16,18,21,23H,9-10,13-15,17H2,1H3,(H,26,31)/t18-,23+/m0/s1. The van der Waals surface area contributed by atoms with Crippen molar-refractivity contribution in [3.8, 4) is 5.75 Å². The molecule has 2 atom stereocenters. The zero-order chi connectivity index (χ0) is 21.9. The topological polar surface area (TPSA) is 72.3 Å². The van der Waals surface area contributed by atoms with E-state index < -0.39 is 0 Å². The number of carbonyl (C=O) groups is 1. The van der Waals surface area contributed by atoms with Gasteiger partial charge in [0.2, 0.25) is 0 Å². The highest BCUT2D eigenvalue weighted by molar-refractivity contribution is 5.92. The molecule has 1 aromatic heterocycles. The molecule has 1 N–H and O–H groups in total. The summed E-state index contributed by atoms with van der Waals surface area (Å²) in [6.07, 6.45) is 4.02. The van der Waals surface area contributed by atoms with Gasteiger partial charge in [0, 0.05) is 25.7 Å². The zero-order valence-corrected chi connectivity index (χ0v) is 18.4. The van der Waals surface area contributed by atoms with E-state index in [9.17, 15) is 4.79 Å². The highest BCUT2D eigenvalue weighted by Gasteiger charge is 2.32. The molecule has 32 heavy (non-hydrogen) atoms. The number of nitrogens with one attached hydrogen (secondary N) is 1. The second-order valence-corrected chi connectivity index (χ2v) is 8.98. The van der Waals surface area contributed by atoms with Gasteiger partial charge >= 0.3 is 0 Å². The summed E-state index contributed by atoms with van der Waals surface area (Å²) in [5.41, 5.74) is 2.81. The molecule has 7 nitrogen and oxygen atoms in total. The number of hydrogen-bond donors (Lipinski definition) is 1. The monoisotopic (exact) mass is 431 g/mol. The Morgan fingerprint density at radius 1 is 1.06 bits per heavy atom. The van der Waals surface area contributed by atoms with Crippen LogP contribution in [0.5, 0.6) is 5.75 Å². The van der Waals surface area contributed by atoms with Crippen molar-refractivity contribution < 1.29 is 9.53 Å². The van der Waals surface area contributed by atoms with Gasteiger partial charge in [-0.2, -0.15) is 0 Å². The van der Waals surface area contributed by atoms with Gasteiger partial charge in [0.1, 0.15) is 12.4 Å². The average molecular weight is 432 g/mol. The van der Waals surface area contributed by atoms with E-state index in [1.165, 1.54) is 5.56 Å². The van der Waals surface area contributed by atoms with Gasteiger partial charge < -0.3 is 10.1 Å². The summed E-state index contributed by atoms with van der Waals surface area (Å²) in [7, 11) is 0. The number of ether oxygens (including phenoxy) is 1. The van der Waals surface area contributed by atoms with Crippen LogP contribution in [0.2, 0.25) is 0 Å². The molecule has 1 saturated carbocycles. The van der Waals surface area contributed by atoms with Crippen LogP contribution in [0.1, 0.15) is 47.4 Å². The molecule has 1 aliphatic carbocycles. The summed E-state index contributed by atoms with van der Waals surface area (Å²) in [5.74, 6) is 1.12. The fourth-order valence-electron chi connectivity index (χ4n) is 4.21. The smallest absolute Gasteiger partial charge is 0.273 e. The van der Waals surface area contributed by atoms with E-state index in [1.807, 2.05) is 35.0 Å². The van der Waals surface area contributed by atoms with Gasteiger partial charge in [0.25, 0.3) is 5.91 Å². The summed E-state index contributed by atoms with van der Waals surface area (Å²) >= 11 is 0. The third-order valence-electron chi connectivity index (χ3n) is 6.25. The van der Waals surface area contributed by atoms with Crippen LogP contribution in [0, 0.1) is 5.92 Å². The van der Waals surface area contributed by atoms with Crippen LogP contribution in [0.3, 0.4) is 0 Å². The Hall–Kier alpha value is -3.19. The Morgan fingerprint density at radius 3 is 2.59 bits per heavy atom. The minimum Gasteiger partial charge on any atom is -0.489 e. The largest absolute Gasteiger partial charge is 0.489 e. The van der Waals surface area contributed by atoms with E-state index in [4.69, 9.17) is 4.74 Å². The van der Waals surface area contributed by atoms with Crippen LogP contribution < -0.4 is 10.1 Å². The van der Waals surface area contributed by atoms with Gasteiger partial charge in [-0.1, -0.05) is 54.6 Å². The predicted octanol–water partition coefficient (Wildman–Crippen LogP) is 3.44. The third kappa shape index (κ3) is 4.99. The highest BCUT2D eigenvalue weighted by atomic mass is 16.5. The Balaban J connectivity index is 1.11. The second-order valence-electron chi connectivity index (χ2n) is 8.98. The van der Waals surface area contributed by atoms with Gasteiger partial charge in [0.05, 0.1) is 12.2 Å². The van der Waals surface area contributed by atoms with Crippen molar-refractivity contribution in [3.63, 3.8) is 0 Å². The Morgan fingerprint density at radius 2 is 1.84 bits per heavy atom. The maximum absolute atomic E-state index is 12.6. The minimum atomic E-state index is -0.129. The lowest BCUT2D eigenvalue weighted by Gasteiger charge is -2.17. The average Bonchev–Trinajstić information content (AvgIpc) is 3.44. The maximum atomic E-state index is 12.6. The highest BCUT2D eigenvalue weighted by Crippen LogP contribution is 2.33. The van der Waals surface area contributed by atoms with Crippen molar-refractivity contribution in [1.29, 1.82) is 0 Å². The molecule has 0 spiro atoms. The van der Waals surface area contributed by atoms with Gasteiger partial charge in [-0.25, -0.2) is 4.68 Å². The summed E-state index contributed by atoms with van der Waals surface area (Å²) in [6.45, 7) is 5.39. The molecule has 2 fully saturated rings. The fourth-order valence-corrected chi connectivity index (χ4v) is 4.21. The molecule has 2 aromatic carbocycles. The van der Waals surface area contributed by atoms with E-state index in [1.54, 1.807) is 6.20 Å². The molecule has 2 heterocycles. The molecule has 0 radical (unpaired) electrons. The molecule has 1 aliphatic heterocycles. The number of rotatable bonds is 8. The lowest BCUT2D eigenvalue weighted by Crippen LogP contribution is -2.40. The predicted molar refractivity (Wildman–Crippen MR) is 121 cm³/mol. The van der Waals surface area contributed by atoms with Crippen LogP contribution in [-0.2, 0) is 13.2 Å². The number of amides is 1. The Kier molecular flexibility index (Phi) is 5.90. The Bertz CT molecular complexity index is 1050. The second kappa shape index (κ2) is 9.12. The first-order chi connectivity index (χ1) is 15.6. The molecule has 7 heteroatoms. The van der Waals surface area contributed by atoms with Crippen LogP contribution in [-0.4, -0.2) is 44.9 Å². The molecule has 2 aliphatic rings. The first-order valence-corrected chi connectivity index (χ1v) is 11.3. The van der Waals surface area contributed by atoms with Crippen molar-refractivity contribution in [2.24, 2.45) is 5.92 Å². The first-order valence-electron chi connectivity index (χ1n) is 11.3. The molecule has 0 unspecified atom stereocenters. The van der Waals surface area contributed by atoms with E-state index in [2.05, 4.69) is 51.7 Å². The van der Waals surface area contributed by atoms with Crippen molar-refractivity contribution in [2.45, 2.75) is 45.0 Å². The number of carbonyl (C=O) groups excluding carboxylic acids is 1. The van der Waals surface area contributed by atoms with Gasteiger partial charge in [0.15, 0.2) is 5.69 Å². The van der Waals surface area contributed by atoms with Crippen LogP contribution in [0.15, 0.2) is 60.8 Å². The van der Waals surface area contributed by atoms with Crippen molar-refractivity contribution >= 4 is 5.91 Å². The quantitative estimate of drug-likeness (QED) is 0.592. The molecular weight excluding hydrogens is 402 g/mol. The number of aromatic nitrogens is 3. The maximum Gasteiger partial charge on any atom is 0.273 e. The molecular formula is C25H29N5O2. The normalized spacial score (nSPS) is 20.9. The number of benzene rings is 2. The van der Waals surface area contributed by atoms with Gasteiger partial charge in [-0.15, -0.1) is 5.10 Å². The molecule has 166 valence electrons. The zero-order valence-electron chi connectivity index (χ0n) is 18.4. The van der Waals surface area contributed by atoms with Gasteiger partial charge in [-0.3, -0.25) is 9.69 Å². The number of likely N-dealkylation sites (tertiary alicyclic amines) is 1. The number of hydrogen-bond acceptors (Lipinski definition) is 5. The van der Waals surface area contributed by atoms with Crippen LogP contribution in [0.4, 0.5) is 0 Å². The van der Waals surface area contributed by atoms with Gasteiger partial charge in [-0.05, 0) is 42.0 Å². The van der Waals surface area contributed by atoms with E-state index >= 15 is 0 Å². The lowest BCUT2D eigenvalue weighted by molar-refractivity contribution is 0.0926. The van der Waals surface area contributed by atoms with Crippen LogP contribution >= 0.6 is 0 Å². The summed E-state index contributed by atoms with van der Waals surface area (Å²) < 4.78 is 7.70. The van der Waals surface area contributed by atoms with Crippen molar-refractivity contribution in [2.75, 3.05) is 13.1 Å².